The Bertz CT molecular complexity index is 510. The lowest BCUT2D eigenvalue weighted by molar-refractivity contribution is 0.327. The molecule has 2 heterocycles. The zero-order valence-corrected chi connectivity index (χ0v) is 11.8. The maximum Gasteiger partial charge on any atom is 0.215 e. The summed E-state index contributed by atoms with van der Waals surface area (Å²) in [7, 11) is 0. The molecule has 0 bridgehead atoms. The summed E-state index contributed by atoms with van der Waals surface area (Å²) in [6, 6.07) is 10.3. The van der Waals surface area contributed by atoms with Crippen molar-refractivity contribution >= 4 is 17.2 Å². The molecule has 1 N–H and O–H groups in total. The number of hydrogen-bond donors (Lipinski definition) is 1. The molecule has 0 aliphatic heterocycles. The van der Waals surface area contributed by atoms with Crippen LogP contribution in [-0.4, -0.2) is 11.6 Å². The number of thiophene rings is 1. The first kappa shape index (κ1) is 12.9. The van der Waals surface area contributed by atoms with Crippen LogP contribution < -0.4 is 10.1 Å². The third-order valence-electron chi connectivity index (χ3n) is 2.57. The van der Waals surface area contributed by atoms with Gasteiger partial charge in [0.15, 0.2) is 0 Å². The van der Waals surface area contributed by atoms with E-state index in [9.17, 15) is 0 Å². The highest BCUT2D eigenvalue weighted by Gasteiger charge is 2.08. The van der Waals surface area contributed by atoms with E-state index in [2.05, 4.69) is 36.3 Å². The lowest BCUT2D eigenvalue weighted by Gasteiger charge is -2.13. The van der Waals surface area contributed by atoms with E-state index in [4.69, 9.17) is 4.74 Å². The van der Waals surface area contributed by atoms with Crippen LogP contribution in [-0.2, 0) is 0 Å². The molecule has 2 rings (SSSR count). The molecule has 0 saturated carbocycles. The van der Waals surface area contributed by atoms with Gasteiger partial charge in [-0.05, 0) is 39.0 Å². The van der Waals surface area contributed by atoms with Crippen LogP contribution in [0.2, 0.25) is 0 Å². The average molecular weight is 262 g/mol. The Balaban J connectivity index is 2.06. The Morgan fingerprint density at radius 3 is 2.83 bits per heavy atom. The summed E-state index contributed by atoms with van der Waals surface area (Å²) >= 11 is 1.81. The van der Waals surface area contributed by atoms with Crippen LogP contribution in [0.3, 0.4) is 0 Å². The molecule has 2 aromatic heterocycles. The molecule has 0 radical (unpaired) electrons. The molecule has 0 aromatic carbocycles. The van der Waals surface area contributed by atoms with Crippen LogP contribution >= 0.6 is 11.3 Å². The summed E-state index contributed by atoms with van der Waals surface area (Å²) in [5.41, 5.74) is 0. The lowest BCUT2D eigenvalue weighted by Crippen LogP contribution is -2.07. The quantitative estimate of drug-likeness (QED) is 0.883. The SMILES string of the molecule is CCOc1cccc(NC(C)c2ccc(C)s2)n1. The van der Waals surface area contributed by atoms with Crippen molar-refractivity contribution in [3.8, 4) is 5.88 Å². The van der Waals surface area contributed by atoms with Gasteiger partial charge in [-0.2, -0.15) is 4.98 Å². The monoisotopic (exact) mass is 262 g/mol. The fourth-order valence-corrected chi connectivity index (χ4v) is 2.58. The van der Waals surface area contributed by atoms with E-state index in [0.29, 0.717) is 12.5 Å². The molecule has 18 heavy (non-hydrogen) atoms. The van der Waals surface area contributed by atoms with Gasteiger partial charge in [0.2, 0.25) is 5.88 Å². The van der Waals surface area contributed by atoms with Gasteiger partial charge in [-0.3, -0.25) is 0 Å². The summed E-state index contributed by atoms with van der Waals surface area (Å²) in [6.45, 7) is 6.85. The Morgan fingerprint density at radius 2 is 2.17 bits per heavy atom. The van der Waals surface area contributed by atoms with Crippen molar-refractivity contribution in [1.82, 2.24) is 4.98 Å². The number of aromatic nitrogens is 1. The van der Waals surface area contributed by atoms with Gasteiger partial charge in [0.25, 0.3) is 0 Å². The summed E-state index contributed by atoms with van der Waals surface area (Å²) in [5, 5.41) is 3.39. The van der Waals surface area contributed by atoms with Crippen LogP contribution in [0.15, 0.2) is 30.3 Å². The number of ether oxygens (including phenoxy) is 1. The first-order valence-corrected chi connectivity index (χ1v) is 6.93. The standard InChI is InChI=1S/C14H18N2OS/c1-4-17-14-7-5-6-13(16-14)15-11(3)12-9-8-10(2)18-12/h5-9,11H,4H2,1-3H3,(H,15,16). The van der Waals surface area contributed by atoms with E-state index in [0.717, 1.165) is 5.82 Å². The third-order valence-corrected chi connectivity index (χ3v) is 3.75. The molecular weight excluding hydrogens is 244 g/mol. The predicted octanol–water partition coefficient (Wildman–Crippen LogP) is 4.02. The third kappa shape index (κ3) is 3.23. The van der Waals surface area contributed by atoms with Crippen LogP contribution in [0.5, 0.6) is 5.88 Å². The molecule has 0 saturated heterocycles. The second-order valence-electron chi connectivity index (χ2n) is 4.11. The van der Waals surface area contributed by atoms with Gasteiger partial charge in [-0.1, -0.05) is 6.07 Å². The number of pyridine rings is 1. The number of nitrogens with zero attached hydrogens (tertiary/aromatic N) is 1. The molecule has 0 spiro atoms. The largest absolute Gasteiger partial charge is 0.478 e. The number of aryl methyl sites for hydroxylation is 1. The van der Waals surface area contributed by atoms with Crippen LogP contribution in [0, 0.1) is 6.92 Å². The van der Waals surface area contributed by atoms with Crippen molar-refractivity contribution < 1.29 is 4.74 Å². The highest BCUT2D eigenvalue weighted by atomic mass is 32.1. The molecule has 2 aromatic rings. The summed E-state index contributed by atoms with van der Waals surface area (Å²) in [6.07, 6.45) is 0. The summed E-state index contributed by atoms with van der Waals surface area (Å²) in [4.78, 5) is 7.05. The molecule has 0 aliphatic rings. The van der Waals surface area contributed by atoms with Crippen molar-refractivity contribution in [3.63, 3.8) is 0 Å². The molecule has 0 aliphatic carbocycles. The number of hydrogen-bond acceptors (Lipinski definition) is 4. The fourth-order valence-electron chi connectivity index (χ4n) is 1.70. The molecule has 0 fully saturated rings. The molecule has 1 atom stereocenters. The van der Waals surface area contributed by atoms with Crippen molar-refractivity contribution in [2.75, 3.05) is 11.9 Å². The van der Waals surface area contributed by atoms with Gasteiger partial charge in [0.05, 0.1) is 12.6 Å². The fraction of sp³-hybridized carbons (Fsp3) is 0.357. The first-order chi connectivity index (χ1) is 8.69. The van der Waals surface area contributed by atoms with Gasteiger partial charge < -0.3 is 10.1 Å². The zero-order valence-electron chi connectivity index (χ0n) is 10.9. The topological polar surface area (TPSA) is 34.1 Å². The number of nitrogens with one attached hydrogen (secondary N) is 1. The highest BCUT2D eigenvalue weighted by Crippen LogP contribution is 2.25. The van der Waals surface area contributed by atoms with E-state index in [1.54, 1.807) is 0 Å². The van der Waals surface area contributed by atoms with Crippen LogP contribution in [0.4, 0.5) is 5.82 Å². The molecule has 0 amide bonds. The minimum absolute atomic E-state index is 0.257. The van der Waals surface area contributed by atoms with Gasteiger partial charge >= 0.3 is 0 Å². The Hall–Kier alpha value is -1.55. The first-order valence-electron chi connectivity index (χ1n) is 6.11. The average Bonchev–Trinajstić information content (AvgIpc) is 2.77. The lowest BCUT2D eigenvalue weighted by atomic mass is 10.2. The molecule has 96 valence electrons. The smallest absolute Gasteiger partial charge is 0.215 e. The van der Waals surface area contributed by atoms with Crippen molar-refractivity contribution in [2.45, 2.75) is 26.8 Å². The van der Waals surface area contributed by atoms with E-state index >= 15 is 0 Å². The van der Waals surface area contributed by atoms with Gasteiger partial charge in [-0.25, -0.2) is 0 Å². The Kier molecular flexibility index (Phi) is 4.20. The number of anilines is 1. The van der Waals surface area contributed by atoms with Crippen molar-refractivity contribution in [2.24, 2.45) is 0 Å². The normalized spacial score (nSPS) is 12.2. The maximum absolute atomic E-state index is 5.39. The van der Waals surface area contributed by atoms with E-state index in [1.807, 2.05) is 36.5 Å². The maximum atomic E-state index is 5.39. The van der Waals surface area contributed by atoms with Crippen LogP contribution in [0.25, 0.3) is 0 Å². The van der Waals surface area contributed by atoms with Gasteiger partial charge in [0.1, 0.15) is 5.82 Å². The molecule has 4 heteroatoms. The predicted molar refractivity (Wildman–Crippen MR) is 76.5 cm³/mol. The highest BCUT2D eigenvalue weighted by molar-refractivity contribution is 7.12. The second-order valence-corrected chi connectivity index (χ2v) is 5.43. The van der Waals surface area contributed by atoms with E-state index < -0.39 is 0 Å². The minimum atomic E-state index is 0.257. The van der Waals surface area contributed by atoms with Gasteiger partial charge in [0, 0.05) is 15.8 Å². The van der Waals surface area contributed by atoms with E-state index in [-0.39, 0.29) is 6.04 Å². The van der Waals surface area contributed by atoms with E-state index in [1.165, 1.54) is 9.75 Å². The Labute approximate surface area is 112 Å². The van der Waals surface area contributed by atoms with Crippen LogP contribution in [0.1, 0.15) is 29.6 Å². The minimum Gasteiger partial charge on any atom is -0.478 e. The second kappa shape index (κ2) is 5.87. The summed E-state index contributed by atoms with van der Waals surface area (Å²) in [5.74, 6) is 1.51. The molecule has 3 nitrogen and oxygen atoms in total. The number of rotatable bonds is 5. The van der Waals surface area contributed by atoms with Crippen molar-refractivity contribution in [3.05, 3.63) is 40.1 Å². The molecular formula is C14H18N2OS. The molecule has 1 unspecified atom stereocenters. The van der Waals surface area contributed by atoms with Crippen molar-refractivity contribution in [1.29, 1.82) is 0 Å². The van der Waals surface area contributed by atoms with Gasteiger partial charge in [-0.15, -0.1) is 11.3 Å². The zero-order chi connectivity index (χ0) is 13.0. The Morgan fingerprint density at radius 1 is 1.33 bits per heavy atom. The summed E-state index contributed by atoms with van der Waals surface area (Å²) < 4.78 is 5.39.